The monoisotopic (exact) mass is 467 g/mol. The average Bonchev–Trinajstić information content (AvgIpc) is 2.84. The van der Waals surface area contributed by atoms with E-state index in [-0.39, 0.29) is 16.3 Å². The minimum absolute atomic E-state index is 0.00706. The summed E-state index contributed by atoms with van der Waals surface area (Å²) in [5.41, 5.74) is 8.55. The summed E-state index contributed by atoms with van der Waals surface area (Å²) in [6, 6.07) is 12.8. The van der Waals surface area contributed by atoms with Crippen LogP contribution < -0.4 is 10.6 Å². The molecule has 0 radical (unpaired) electrons. The summed E-state index contributed by atoms with van der Waals surface area (Å²) < 4.78 is 0. The maximum atomic E-state index is 11.6. The highest BCUT2D eigenvalue weighted by Gasteiger charge is 2.14. The van der Waals surface area contributed by atoms with Crippen molar-refractivity contribution >= 4 is 22.7 Å². The van der Waals surface area contributed by atoms with Crippen LogP contribution in [-0.4, -0.2) is 25.1 Å². The molecule has 0 bridgehead atoms. The van der Waals surface area contributed by atoms with Crippen LogP contribution in [0.4, 0.5) is 22.7 Å². The number of hydrogen-bond donors (Lipinski definition) is 1. The van der Waals surface area contributed by atoms with Gasteiger partial charge in [-0.05, 0) is 48.7 Å². The van der Waals surface area contributed by atoms with Crippen LogP contribution in [-0.2, 0) is 6.42 Å². The molecule has 2 aromatic carbocycles. The standard InChI is InChI=1S/C27H41N5O2/c1-3-4-5-6-7-8-9-10-11-12-13-23-14-19-26(27(22-23)32(33)34)30-29-24-15-17-25(18-16-24)31(2)21-20-28/h14-19,22H,3-13,20-21,28H2,1-2H3/b30-29+. The van der Waals surface area contributed by atoms with Crippen LogP contribution in [0.1, 0.15) is 76.7 Å². The van der Waals surface area contributed by atoms with E-state index in [1.165, 1.54) is 57.8 Å². The van der Waals surface area contributed by atoms with Gasteiger partial charge in [0.1, 0.15) is 0 Å². The zero-order valence-electron chi connectivity index (χ0n) is 20.9. The third kappa shape index (κ3) is 10.00. The van der Waals surface area contributed by atoms with Crippen molar-refractivity contribution in [3.8, 4) is 0 Å². The van der Waals surface area contributed by atoms with Gasteiger partial charge in [0.05, 0.1) is 10.6 Å². The number of nitrogens with two attached hydrogens (primary N) is 1. The number of unbranched alkanes of at least 4 members (excludes halogenated alkanes) is 9. The number of nitrogens with zero attached hydrogens (tertiary/aromatic N) is 4. The third-order valence-corrected chi connectivity index (χ3v) is 6.08. The summed E-state index contributed by atoms with van der Waals surface area (Å²) in [5, 5.41) is 20.0. The lowest BCUT2D eigenvalue weighted by Gasteiger charge is -2.17. The summed E-state index contributed by atoms with van der Waals surface area (Å²) in [6.07, 6.45) is 13.6. The van der Waals surface area contributed by atoms with E-state index >= 15 is 0 Å². The molecule has 0 atom stereocenters. The Hall–Kier alpha value is -2.80. The molecule has 0 aromatic heterocycles. The van der Waals surface area contributed by atoms with Crippen molar-refractivity contribution in [3.05, 3.63) is 58.1 Å². The Balaban J connectivity index is 1.84. The minimum atomic E-state index is -0.374. The zero-order chi connectivity index (χ0) is 24.6. The van der Waals surface area contributed by atoms with Crippen molar-refractivity contribution in [2.45, 2.75) is 77.6 Å². The van der Waals surface area contributed by atoms with Crippen LogP contribution in [0, 0.1) is 10.1 Å². The largest absolute Gasteiger partial charge is 0.373 e. The first kappa shape index (κ1) is 27.4. The van der Waals surface area contributed by atoms with Crippen LogP contribution in [0.15, 0.2) is 52.7 Å². The molecular weight excluding hydrogens is 426 g/mol. The van der Waals surface area contributed by atoms with Gasteiger partial charge in [0, 0.05) is 31.9 Å². The first-order valence-corrected chi connectivity index (χ1v) is 12.8. The number of nitro groups is 1. The summed E-state index contributed by atoms with van der Waals surface area (Å²) in [5.74, 6) is 0. The summed E-state index contributed by atoms with van der Waals surface area (Å²) >= 11 is 0. The van der Waals surface area contributed by atoms with E-state index in [4.69, 9.17) is 5.73 Å². The Bertz CT molecular complexity index is 883. The van der Waals surface area contributed by atoms with Crippen molar-refractivity contribution in [2.75, 3.05) is 25.0 Å². The van der Waals surface area contributed by atoms with E-state index in [0.717, 1.165) is 30.6 Å². The van der Waals surface area contributed by atoms with Crippen LogP contribution in [0.25, 0.3) is 0 Å². The molecule has 2 rings (SSSR count). The maximum Gasteiger partial charge on any atom is 0.296 e. The SMILES string of the molecule is CCCCCCCCCCCCc1ccc(/N=N/c2ccc(N(C)CCN)cc2)c([N+](=O)[O-])c1. The van der Waals surface area contributed by atoms with Gasteiger partial charge in [-0.25, -0.2) is 0 Å². The van der Waals surface area contributed by atoms with E-state index in [0.29, 0.717) is 12.2 Å². The molecule has 0 aliphatic rings. The molecule has 0 saturated heterocycles. The maximum absolute atomic E-state index is 11.6. The van der Waals surface area contributed by atoms with Crippen molar-refractivity contribution in [1.82, 2.24) is 0 Å². The normalized spacial score (nSPS) is 11.3. The average molecular weight is 468 g/mol. The van der Waals surface area contributed by atoms with Gasteiger partial charge >= 0.3 is 0 Å². The predicted octanol–water partition coefficient (Wildman–Crippen LogP) is 7.87. The molecule has 186 valence electrons. The molecule has 0 fully saturated rings. The summed E-state index contributed by atoms with van der Waals surface area (Å²) in [6.45, 7) is 3.59. The number of likely N-dealkylation sites (N-methyl/N-ethyl adjacent to an activating group) is 1. The molecule has 7 heteroatoms. The van der Waals surface area contributed by atoms with Gasteiger partial charge in [0.25, 0.3) is 5.69 Å². The molecule has 2 N–H and O–H groups in total. The molecule has 0 unspecified atom stereocenters. The Morgan fingerprint density at radius 2 is 1.50 bits per heavy atom. The molecule has 2 aromatic rings. The van der Waals surface area contributed by atoms with E-state index in [1.807, 2.05) is 37.4 Å². The Morgan fingerprint density at radius 3 is 2.09 bits per heavy atom. The zero-order valence-corrected chi connectivity index (χ0v) is 20.9. The molecule has 0 heterocycles. The van der Waals surface area contributed by atoms with Gasteiger partial charge in [-0.1, -0.05) is 70.8 Å². The fraction of sp³-hybridized carbons (Fsp3) is 0.556. The number of anilines is 1. The Labute approximate surface area is 204 Å². The smallest absolute Gasteiger partial charge is 0.296 e. The van der Waals surface area contributed by atoms with E-state index in [2.05, 4.69) is 22.1 Å². The predicted molar refractivity (Wildman–Crippen MR) is 142 cm³/mol. The second kappa shape index (κ2) is 15.9. The second-order valence-corrected chi connectivity index (χ2v) is 8.94. The first-order chi connectivity index (χ1) is 16.5. The van der Waals surface area contributed by atoms with E-state index < -0.39 is 0 Å². The number of aryl methyl sites for hydroxylation is 1. The van der Waals surface area contributed by atoms with Crippen LogP contribution >= 0.6 is 0 Å². The highest BCUT2D eigenvalue weighted by molar-refractivity contribution is 5.59. The summed E-state index contributed by atoms with van der Waals surface area (Å²) in [7, 11) is 1.98. The lowest BCUT2D eigenvalue weighted by atomic mass is 10.0. The van der Waals surface area contributed by atoms with Gasteiger partial charge in [-0.3, -0.25) is 10.1 Å². The molecular formula is C27H41N5O2. The van der Waals surface area contributed by atoms with Gasteiger partial charge in [0.2, 0.25) is 0 Å². The lowest BCUT2D eigenvalue weighted by molar-refractivity contribution is -0.384. The van der Waals surface area contributed by atoms with E-state index in [9.17, 15) is 10.1 Å². The van der Waals surface area contributed by atoms with Crippen LogP contribution in [0.5, 0.6) is 0 Å². The van der Waals surface area contributed by atoms with Gasteiger partial charge in [-0.15, -0.1) is 5.11 Å². The van der Waals surface area contributed by atoms with Crippen LogP contribution in [0.2, 0.25) is 0 Å². The molecule has 34 heavy (non-hydrogen) atoms. The molecule has 0 aliphatic carbocycles. The van der Waals surface area contributed by atoms with Gasteiger partial charge < -0.3 is 10.6 Å². The number of benzene rings is 2. The minimum Gasteiger partial charge on any atom is -0.373 e. The Kier molecular flexibility index (Phi) is 12.9. The molecule has 0 spiro atoms. The molecule has 0 amide bonds. The molecule has 0 saturated carbocycles. The first-order valence-electron chi connectivity index (χ1n) is 12.8. The summed E-state index contributed by atoms with van der Waals surface area (Å²) in [4.78, 5) is 13.3. The van der Waals surface area contributed by atoms with Gasteiger partial charge in [-0.2, -0.15) is 5.11 Å². The van der Waals surface area contributed by atoms with E-state index in [1.54, 1.807) is 12.1 Å². The quantitative estimate of drug-likeness (QED) is 0.111. The fourth-order valence-corrected chi connectivity index (χ4v) is 3.98. The lowest BCUT2D eigenvalue weighted by Crippen LogP contribution is -2.24. The number of rotatable bonds is 17. The number of azo groups is 1. The highest BCUT2D eigenvalue weighted by Crippen LogP contribution is 2.31. The third-order valence-electron chi connectivity index (χ3n) is 6.08. The molecule has 7 nitrogen and oxygen atoms in total. The van der Waals surface area contributed by atoms with Crippen molar-refractivity contribution in [1.29, 1.82) is 0 Å². The topological polar surface area (TPSA) is 97.1 Å². The van der Waals surface area contributed by atoms with Crippen molar-refractivity contribution in [3.63, 3.8) is 0 Å². The van der Waals surface area contributed by atoms with Crippen LogP contribution in [0.3, 0.4) is 0 Å². The Morgan fingerprint density at radius 1 is 0.882 bits per heavy atom. The second-order valence-electron chi connectivity index (χ2n) is 8.94. The van der Waals surface area contributed by atoms with Crippen molar-refractivity contribution in [2.24, 2.45) is 16.0 Å². The van der Waals surface area contributed by atoms with Gasteiger partial charge in [0.15, 0.2) is 5.69 Å². The van der Waals surface area contributed by atoms with Crippen molar-refractivity contribution < 1.29 is 4.92 Å². The fourth-order valence-electron chi connectivity index (χ4n) is 3.98. The number of nitro benzene ring substituents is 1. The number of hydrogen-bond acceptors (Lipinski definition) is 6. The highest BCUT2D eigenvalue weighted by atomic mass is 16.6. The molecule has 0 aliphatic heterocycles.